The molecule has 2 heterocycles. The van der Waals surface area contributed by atoms with E-state index in [1.807, 2.05) is 0 Å². The lowest BCUT2D eigenvalue weighted by atomic mass is 10.1. The van der Waals surface area contributed by atoms with Gasteiger partial charge in [0.25, 0.3) is 0 Å². The van der Waals surface area contributed by atoms with Crippen LogP contribution in [0.1, 0.15) is 50.7 Å². The van der Waals surface area contributed by atoms with Gasteiger partial charge in [0.2, 0.25) is 0 Å². The van der Waals surface area contributed by atoms with Gasteiger partial charge in [-0.25, -0.2) is 4.99 Å². The van der Waals surface area contributed by atoms with Crippen LogP contribution < -0.4 is 10.6 Å². The minimum atomic E-state index is 0.727. The van der Waals surface area contributed by atoms with Crippen molar-refractivity contribution in [2.75, 3.05) is 45.8 Å². The first-order valence-corrected chi connectivity index (χ1v) is 11.3. The number of nitrogens with one attached hydrogen (secondary N) is 2. The van der Waals surface area contributed by atoms with Crippen LogP contribution in [-0.2, 0) is 13.1 Å². The lowest BCUT2D eigenvalue weighted by Crippen LogP contribution is -2.40. The minimum Gasteiger partial charge on any atom is -0.357 e. The van der Waals surface area contributed by atoms with Crippen molar-refractivity contribution in [1.82, 2.24) is 20.4 Å². The first-order chi connectivity index (χ1) is 13.8. The fourth-order valence-electron chi connectivity index (χ4n) is 4.25. The van der Waals surface area contributed by atoms with E-state index in [-0.39, 0.29) is 0 Å². The molecule has 2 aliphatic heterocycles. The third kappa shape index (κ3) is 6.78. The van der Waals surface area contributed by atoms with Crippen LogP contribution in [0.3, 0.4) is 0 Å². The fourth-order valence-corrected chi connectivity index (χ4v) is 4.25. The van der Waals surface area contributed by atoms with Crippen LogP contribution in [0.15, 0.2) is 29.3 Å². The van der Waals surface area contributed by atoms with Crippen molar-refractivity contribution in [1.29, 1.82) is 0 Å². The highest BCUT2D eigenvalue weighted by Crippen LogP contribution is 2.15. The summed E-state index contributed by atoms with van der Waals surface area (Å²) in [7, 11) is 0. The molecule has 5 nitrogen and oxygen atoms in total. The third-order valence-electron chi connectivity index (χ3n) is 6.02. The highest BCUT2D eigenvalue weighted by molar-refractivity contribution is 5.79. The van der Waals surface area contributed by atoms with Gasteiger partial charge in [-0.1, -0.05) is 37.6 Å². The van der Waals surface area contributed by atoms with Crippen LogP contribution in [-0.4, -0.2) is 61.6 Å². The fraction of sp³-hybridized carbons (Fsp3) is 0.696. The highest BCUT2D eigenvalue weighted by Gasteiger charge is 2.21. The van der Waals surface area contributed by atoms with Crippen molar-refractivity contribution in [3.05, 3.63) is 35.4 Å². The van der Waals surface area contributed by atoms with Crippen LogP contribution in [0.4, 0.5) is 0 Å². The summed E-state index contributed by atoms with van der Waals surface area (Å²) in [6.07, 6.45) is 5.39. The average Bonchev–Trinajstić information content (AvgIpc) is 3.20. The average molecular weight is 386 g/mol. The first kappa shape index (κ1) is 21.1. The number of hydrogen-bond acceptors (Lipinski definition) is 3. The summed E-state index contributed by atoms with van der Waals surface area (Å²) in [5.74, 6) is 1.67. The zero-order chi connectivity index (χ0) is 19.6. The van der Waals surface area contributed by atoms with Gasteiger partial charge in [0, 0.05) is 26.2 Å². The van der Waals surface area contributed by atoms with E-state index in [4.69, 9.17) is 4.99 Å². The first-order valence-electron chi connectivity index (χ1n) is 11.3. The molecule has 28 heavy (non-hydrogen) atoms. The molecule has 2 aliphatic rings. The summed E-state index contributed by atoms with van der Waals surface area (Å²) in [5, 5.41) is 6.93. The number of aliphatic imine (C=N–C) groups is 1. The Bertz CT molecular complexity index is 592. The largest absolute Gasteiger partial charge is 0.357 e. The standard InChI is InChI=1S/C23H39N5/c1-3-24-23(26-17-22-12-15-27(4-2)19-22)25-16-20-8-10-21(11-9-20)18-28-13-6-5-7-14-28/h8-11,22H,3-7,12-19H2,1-2H3,(H2,24,25,26). The normalized spacial score (nSPS) is 21.8. The highest BCUT2D eigenvalue weighted by atomic mass is 15.2. The number of nitrogens with zero attached hydrogens (tertiary/aromatic N) is 3. The maximum absolute atomic E-state index is 4.80. The van der Waals surface area contributed by atoms with Crippen LogP contribution >= 0.6 is 0 Å². The minimum absolute atomic E-state index is 0.727. The van der Waals surface area contributed by atoms with Crippen molar-refractivity contribution in [2.45, 2.75) is 52.6 Å². The molecule has 2 saturated heterocycles. The van der Waals surface area contributed by atoms with Crippen molar-refractivity contribution in [3.63, 3.8) is 0 Å². The van der Waals surface area contributed by atoms with Crippen molar-refractivity contribution in [2.24, 2.45) is 10.9 Å². The second-order valence-corrected chi connectivity index (χ2v) is 8.28. The maximum atomic E-state index is 4.80. The number of likely N-dealkylation sites (tertiary alicyclic amines) is 2. The predicted octanol–water partition coefficient (Wildman–Crippen LogP) is 3.07. The number of hydrogen-bond donors (Lipinski definition) is 2. The van der Waals surface area contributed by atoms with Gasteiger partial charge in [-0.3, -0.25) is 4.90 Å². The zero-order valence-electron chi connectivity index (χ0n) is 17.9. The van der Waals surface area contributed by atoms with Gasteiger partial charge in [0.05, 0.1) is 6.54 Å². The molecule has 2 fully saturated rings. The summed E-state index contributed by atoms with van der Waals surface area (Å²) in [6, 6.07) is 9.03. The van der Waals surface area contributed by atoms with Gasteiger partial charge < -0.3 is 15.5 Å². The molecule has 0 spiro atoms. The van der Waals surface area contributed by atoms with E-state index in [1.165, 1.54) is 69.5 Å². The smallest absolute Gasteiger partial charge is 0.191 e. The molecule has 156 valence electrons. The molecule has 0 radical (unpaired) electrons. The second kappa shape index (κ2) is 11.4. The molecule has 5 heteroatoms. The van der Waals surface area contributed by atoms with Crippen molar-refractivity contribution >= 4 is 5.96 Å². The number of rotatable bonds is 8. The Labute approximate surface area is 171 Å². The Kier molecular flexibility index (Phi) is 8.62. The van der Waals surface area contributed by atoms with Gasteiger partial charge in [0.15, 0.2) is 5.96 Å². The Hall–Kier alpha value is -1.59. The molecule has 0 amide bonds. The van der Waals surface area contributed by atoms with Gasteiger partial charge in [-0.05, 0) is 69.4 Å². The Morgan fingerprint density at radius 2 is 1.71 bits per heavy atom. The molecular formula is C23H39N5. The van der Waals surface area contributed by atoms with Crippen LogP contribution in [0, 0.1) is 5.92 Å². The summed E-state index contributed by atoms with van der Waals surface area (Å²) in [4.78, 5) is 9.91. The number of benzene rings is 1. The quantitative estimate of drug-likeness (QED) is 0.533. The number of guanidine groups is 1. The third-order valence-corrected chi connectivity index (χ3v) is 6.02. The molecular weight excluding hydrogens is 346 g/mol. The lowest BCUT2D eigenvalue weighted by Gasteiger charge is -2.26. The predicted molar refractivity (Wildman–Crippen MR) is 119 cm³/mol. The lowest BCUT2D eigenvalue weighted by molar-refractivity contribution is 0.221. The molecule has 0 saturated carbocycles. The van der Waals surface area contributed by atoms with Crippen molar-refractivity contribution < 1.29 is 0 Å². The van der Waals surface area contributed by atoms with Gasteiger partial charge >= 0.3 is 0 Å². The Balaban J connectivity index is 1.46. The van der Waals surface area contributed by atoms with Gasteiger partial charge in [-0.2, -0.15) is 0 Å². The monoisotopic (exact) mass is 385 g/mol. The summed E-state index contributed by atoms with van der Waals surface area (Å²) in [6.45, 7) is 14.2. The Morgan fingerprint density at radius 3 is 2.39 bits per heavy atom. The van der Waals surface area contributed by atoms with E-state index in [2.05, 4.69) is 58.5 Å². The van der Waals surface area contributed by atoms with E-state index in [1.54, 1.807) is 0 Å². The molecule has 1 unspecified atom stereocenters. The summed E-state index contributed by atoms with van der Waals surface area (Å²) >= 11 is 0. The van der Waals surface area contributed by atoms with Crippen LogP contribution in [0.5, 0.6) is 0 Å². The molecule has 0 aliphatic carbocycles. The van der Waals surface area contributed by atoms with Crippen LogP contribution in [0.2, 0.25) is 0 Å². The van der Waals surface area contributed by atoms with Crippen molar-refractivity contribution in [3.8, 4) is 0 Å². The summed E-state index contributed by atoms with van der Waals surface area (Å²) < 4.78 is 0. The van der Waals surface area contributed by atoms with Gasteiger partial charge in [0.1, 0.15) is 0 Å². The molecule has 1 atom stereocenters. The van der Waals surface area contributed by atoms with Crippen LogP contribution in [0.25, 0.3) is 0 Å². The van der Waals surface area contributed by atoms with E-state index >= 15 is 0 Å². The molecule has 1 aromatic rings. The van der Waals surface area contributed by atoms with E-state index in [0.717, 1.165) is 38.1 Å². The molecule has 2 N–H and O–H groups in total. The van der Waals surface area contributed by atoms with E-state index in [0.29, 0.717) is 0 Å². The van der Waals surface area contributed by atoms with E-state index in [9.17, 15) is 0 Å². The maximum Gasteiger partial charge on any atom is 0.191 e. The molecule has 3 rings (SSSR count). The molecule has 0 aromatic heterocycles. The SMILES string of the molecule is CCNC(=NCc1ccc(CN2CCCCC2)cc1)NCC1CCN(CC)C1. The van der Waals surface area contributed by atoms with Gasteiger partial charge in [-0.15, -0.1) is 0 Å². The summed E-state index contributed by atoms with van der Waals surface area (Å²) in [5.41, 5.74) is 2.69. The number of piperidine rings is 1. The zero-order valence-corrected chi connectivity index (χ0v) is 17.9. The Morgan fingerprint density at radius 1 is 0.964 bits per heavy atom. The topological polar surface area (TPSA) is 42.9 Å². The molecule has 1 aromatic carbocycles. The van der Waals surface area contributed by atoms with E-state index < -0.39 is 0 Å². The molecule has 0 bridgehead atoms. The second-order valence-electron chi connectivity index (χ2n) is 8.28.